The molecule has 0 aliphatic heterocycles. The van der Waals surface area contributed by atoms with E-state index < -0.39 is 36.8 Å². The first-order valence-electron chi connectivity index (χ1n) is 9.75. The maximum atomic E-state index is 12.6. The van der Waals surface area contributed by atoms with E-state index in [4.69, 9.17) is 19.8 Å². The average molecular weight is 511 g/mol. The van der Waals surface area contributed by atoms with E-state index in [-0.39, 0.29) is 24.3 Å². The first-order chi connectivity index (χ1) is 15.9. The van der Waals surface area contributed by atoms with E-state index in [1.165, 1.54) is 37.4 Å². The molecular weight excluding hydrogens is 488 g/mol. The summed E-state index contributed by atoms with van der Waals surface area (Å²) >= 11 is 0. The third-order valence-electron chi connectivity index (χ3n) is 4.74. The summed E-state index contributed by atoms with van der Waals surface area (Å²) in [6.45, 7) is -0.138. The van der Waals surface area contributed by atoms with Gasteiger partial charge in [-0.2, -0.15) is 16.8 Å². The molecule has 0 saturated carbocycles. The van der Waals surface area contributed by atoms with Crippen molar-refractivity contribution >= 4 is 48.3 Å². The fraction of sp³-hybridized carbons (Fsp3) is 0.190. The van der Waals surface area contributed by atoms with E-state index in [2.05, 4.69) is 5.32 Å². The van der Waals surface area contributed by atoms with Gasteiger partial charge in [-0.15, -0.1) is 0 Å². The van der Waals surface area contributed by atoms with Gasteiger partial charge in [0.05, 0.1) is 30.1 Å². The molecule has 3 aromatic rings. The van der Waals surface area contributed by atoms with Crippen LogP contribution in [-0.2, 0) is 20.2 Å². The number of carbonyl (C=O) groups is 1. The number of amides is 1. The van der Waals surface area contributed by atoms with Gasteiger partial charge in [0.15, 0.2) is 0 Å². The van der Waals surface area contributed by atoms with Crippen molar-refractivity contribution in [1.82, 2.24) is 0 Å². The zero-order valence-corrected chi connectivity index (χ0v) is 19.5. The molecule has 0 saturated heterocycles. The molecular formula is C21H22N2O9S2. The van der Waals surface area contributed by atoms with Crippen LogP contribution in [0.1, 0.15) is 16.8 Å². The molecule has 13 heteroatoms. The van der Waals surface area contributed by atoms with Gasteiger partial charge in [0, 0.05) is 22.7 Å². The van der Waals surface area contributed by atoms with Crippen LogP contribution in [-0.4, -0.2) is 51.3 Å². The predicted molar refractivity (Wildman–Crippen MR) is 126 cm³/mol. The number of hydrogen-bond donors (Lipinski definition) is 4. The number of nitrogens with one attached hydrogen (secondary N) is 1. The Bertz CT molecular complexity index is 1450. The quantitative estimate of drug-likeness (QED) is 0.190. The maximum Gasteiger partial charge on any atom is 0.294 e. The number of nitrogens with two attached hydrogens (primary N) is 1. The van der Waals surface area contributed by atoms with Gasteiger partial charge in [-0.1, -0.05) is 0 Å². The minimum Gasteiger partial charge on any atom is -0.495 e. The van der Waals surface area contributed by atoms with E-state index in [0.29, 0.717) is 27.9 Å². The Morgan fingerprint density at radius 2 is 1.74 bits per heavy atom. The van der Waals surface area contributed by atoms with Crippen LogP contribution < -0.4 is 20.5 Å². The van der Waals surface area contributed by atoms with E-state index in [9.17, 15) is 26.2 Å². The number of fused-ring (bicyclic) bond motifs is 1. The summed E-state index contributed by atoms with van der Waals surface area (Å²) in [5.74, 6) is -0.596. The molecule has 5 N–H and O–H groups in total. The largest absolute Gasteiger partial charge is 0.495 e. The number of anilines is 2. The molecule has 0 bridgehead atoms. The zero-order valence-electron chi connectivity index (χ0n) is 17.9. The summed E-state index contributed by atoms with van der Waals surface area (Å²) in [6.07, 6.45) is -0.0460. The minimum atomic E-state index is -4.59. The van der Waals surface area contributed by atoms with Crippen molar-refractivity contribution in [2.75, 3.05) is 30.5 Å². The molecule has 182 valence electrons. The van der Waals surface area contributed by atoms with Crippen LogP contribution in [0.25, 0.3) is 10.8 Å². The van der Waals surface area contributed by atoms with Gasteiger partial charge in [-0.05, 0) is 54.3 Å². The second kappa shape index (κ2) is 9.85. The molecule has 3 rings (SSSR count). The monoisotopic (exact) mass is 510 g/mol. The molecule has 0 aliphatic carbocycles. The lowest BCUT2D eigenvalue weighted by Crippen LogP contribution is -2.12. The zero-order chi connectivity index (χ0) is 25.1. The van der Waals surface area contributed by atoms with Crippen LogP contribution in [0.2, 0.25) is 0 Å². The number of methoxy groups -OCH3 is 1. The number of nitrogen functional groups attached to an aromatic ring is 1. The van der Waals surface area contributed by atoms with Crippen LogP contribution in [0.5, 0.6) is 11.5 Å². The Morgan fingerprint density at radius 1 is 1.00 bits per heavy atom. The number of hydrogen-bond acceptors (Lipinski definition) is 8. The highest BCUT2D eigenvalue weighted by Gasteiger charge is 2.16. The van der Waals surface area contributed by atoms with Gasteiger partial charge >= 0.3 is 0 Å². The van der Waals surface area contributed by atoms with Gasteiger partial charge in [0.2, 0.25) is 0 Å². The molecule has 0 spiro atoms. The van der Waals surface area contributed by atoms with Crippen LogP contribution in [0.4, 0.5) is 11.4 Å². The predicted octanol–water partition coefficient (Wildman–Crippen LogP) is 2.59. The molecule has 0 fully saturated rings. The summed E-state index contributed by atoms with van der Waals surface area (Å²) < 4.78 is 74.1. The summed E-state index contributed by atoms with van der Waals surface area (Å²) in [4.78, 5) is 12.2. The molecule has 0 heterocycles. The number of benzene rings is 3. The van der Waals surface area contributed by atoms with Gasteiger partial charge < -0.3 is 20.5 Å². The van der Waals surface area contributed by atoms with Crippen molar-refractivity contribution in [3.8, 4) is 11.5 Å². The smallest absolute Gasteiger partial charge is 0.294 e. The first-order valence-corrected chi connectivity index (χ1v) is 12.8. The molecule has 0 aliphatic rings. The lowest BCUT2D eigenvalue weighted by molar-refractivity contribution is 0.102. The molecule has 0 unspecified atom stereocenters. The Kier molecular flexibility index (Phi) is 7.31. The summed E-state index contributed by atoms with van der Waals surface area (Å²) in [6, 6.07) is 11.4. The molecule has 0 aromatic heterocycles. The van der Waals surface area contributed by atoms with Gasteiger partial charge in [0.25, 0.3) is 26.1 Å². The fourth-order valence-electron chi connectivity index (χ4n) is 3.13. The van der Waals surface area contributed by atoms with Crippen molar-refractivity contribution in [3.05, 3.63) is 54.1 Å². The summed E-state index contributed by atoms with van der Waals surface area (Å²) in [5.41, 5.74) is 6.74. The van der Waals surface area contributed by atoms with Crippen molar-refractivity contribution in [2.24, 2.45) is 0 Å². The normalized spacial score (nSPS) is 11.9. The third kappa shape index (κ3) is 6.35. The van der Waals surface area contributed by atoms with Crippen LogP contribution >= 0.6 is 0 Å². The second-order valence-corrected chi connectivity index (χ2v) is 10.2. The highest BCUT2D eigenvalue weighted by atomic mass is 32.2. The van der Waals surface area contributed by atoms with Gasteiger partial charge in [-0.3, -0.25) is 13.9 Å². The fourth-order valence-corrected chi connectivity index (χ4v) is 4.15. The Hall–Kier alpha value is -3.39. The Morgan fingerprint density at radius 3 is 2.38 bits per heavy atom. The third-order valence-corrected chi connectivity index (χ3v) is 6.38. The maximum absolute atomic E-state index is 12.6. The van der Waals surface area contributed by atoms with E-state index in [1.807, 2.05) is 0 Å². The lowest BCUT2D eigenvalue weighted by Gasteiger charge is -2.13. The Balaban J connectivity index is 1.91. The van der Waals surface area contributed by atoms with Crippen LogP contribution in [0.3, 0.4) is 0 Å². The standard InChI is InChI=1S/C21H22N2O9S2/c1-31-20-11-13(3-6-18(20)22)21(24)23-15-4-5-17-14(9-15)10-16(34(28,29)30)12-19(17)32-7-2-8-33(25,26)27/h3-6,9-12H,2,7-8,22H2,1H3,(H,23,24)(H,25,26,27)(H,28,29,30). The van der Waals surface area contributed by atoms with Crippen LogP contribution in [0, 0.1) is 0 Å². The van der Waals surface area contributed by atoms with Crippen molar-refractivity contribution < 1.29 is 40.2 Å². The Labute approximate surface area is 196 Å². The van der Waals surface area contributed by atoms with Gasteiger partial charge in [-0.25, -0.2) is 0 Å². The SMILES string of the molecule is COc1cc(C(=O)Nc2ccc3c(OCCCS(=O)(=O)O)cc(S(=O)(=O)O)cc3c2)ccc1N. The van der Waals surface area contributed by atoms with Crippen molar-refractivity contribution in [1.29, 1.82) is 0 Å². The van der Waals surface area contributed by atoms with Crippen molar-refractivity contribution in [2.45, 2.75) is 11.3 Å². The lowest BCUT2D eigenvalue weighted by atomic mass is 10.1. The summed E-state index contributed by atoms with van der Waals surface area (Å²) in [7, 11) is -7.34. The number of ether oxygens (including phenoxy) is 2. The van der Waals surface area contributed by atoms with E-state index >= 15 is 0 Å². The molecule has 0 atom stereocenters. The molecule has 1 amide bonds. The van der Waals surface area contributed by atoms with E-state index in [0.717, 1.165) is 6.07 Å². The molecule has 11 nitrogen and oxygen atoms in total. The minimum absolute atomic E-state index is 0.0460. The highest BCUT2D eigenvalue weighted by Crippen LogP contribution is 2.32. The number of rotatable bonds is 9. The average Bonchev–Trinajstić information content (AvgIpc) is 2.75. The first kappa shape index (κ1) is 25.2. The van der Waals surface area contributed by atoms with Crippen molar-refractivity contribution in [3.63, 3.8) is 0 Å². The highest BCUT2D eigenvalue weighted by molar-refractivity contribution is 7.86. The second-order valence-electron chi connectivity index (χ2n) is 7.23. The molecule has 0 radical (unpaired) electrons. The van der Waals surface area contributed by atoms with E-state index in [1.54, 1.807) is 12.1 Å². The topological polar surface area (TPSA) is 182 Å². The molecule has 34 heavy (non-hydrogen) atoms. The number of carbonyl (C=O) groups excluding carboxylic acids is 1. The summed E-state index contributed by atoms with van der Waals surface area (Å²) in [5, 5.41) is 3.46. The molecule has 3 aromatic carbocycles. The van der Waals surface area contributed by atoms with Crippen LogP contribution in [0.15, 0.2) is 53.4 Å². The van der Waals surface area contributed by atoms with Gasteiger partial charge in [0.1, 0.15) is 11.5 Å².